The Kier molecular flexibility index (Phi) is 9.71. The van der Waals surface area contributed by atoms with E-state index in [9.17, 15) is 24.0 Å². The van der Waals surface area contributed by atoms with Crippen LogP contribution >= 0.6 is 0 Å². The summed E-state index contributed by atoms with van der Waals surface area (Å²) in [6.07, 6.45) is 2.39. The zero-order chi connectivity index (χ0) is 25.1. The summed E-state index contributed by atoms with van der Waals surface area (Å²) in [7, 11) is 0. The van der Waals surface area contributed by atoms with E-state index < -0.39 is 60.7 Å². The van der Waals surface area contributed by atoms with E-state index in [0.29, 0.717) is 5.69 Å². The van der Waals surface area contributed by atoms with Crippen LogP contribution in [0.1, 0.15) is 17.7 Å². The molecule has 4 amide bonds. The molecule has 2 aromatic rings. The number of carboxylic acids is 1. The van der Waals surface area contributed by atoms with Crippen LogP contribution in [-0.4, -0.2) is 69.3 Å². The fourth-order valence-electron chi connectivity index (χ4n) is 3.03. The van der Waals surface area contributed by atoms with E-state index in [2.05, 4.69) is 25.9 Å². The van der Waals surface area contributed by atoms with Gasteiger partial charge in [0.1, 0.15) is 18.6 Å². The quantitative estimate of drug-likeness (QED) is 0.165. The lowest BCUT2D eigenvalue weighted by atomic mass is 10.0. The minimum Gasteiger partial charge on any atom is -0.480 e. The summed E-state index contributed by atoms with van der Waals surface area (Å²) < 4.78 is 0. The summed E-state index contributed by atoms with van der Waals surface area (Å²) in [4.78, 5) is 66.8. The molecule has 1 aromatic carbocycles. The van der Waals surface area contributed by atoms with Crippen LogP contribution in [0.25, 0.3) is 0 Å². The maximum Gasteiger partial charge on any atom is 0.322 e. The average Bonchev–Trinajstić information content (AvgIpc) is 3.30. The van der Waals surface area contributed by atoms with Crippen molar-refractivity contribution in [3.05, 3.63) is 54.1 Å². The molecule has 34 heavy (non-hydrogen) atoms. The predicted molar refractivity (Wildman–Crippen MR) is 119 cm³/mol. The zero-order valence-electron chi connectivity index (χ0n) is 18.2. The number of nitrogens with two attached hydrogens (primary N) is 2. The van der Waals surface area contributed by atoms with E-state index in [1.54, 1.807) is 24.3 Å². The summed E-state index contributed by atoms with van der Waals surface area (Å²) in [5.41, 5.74) is 12.5. The molecule has 0 fully saturated rings. The van der Waals surface area contributed by atoms with Crippen LogP contribution in [0, 0.1) is 0 Å². The van der Waals surface area contributed by atoms with E-state index in [1.165, 1.54) is 12.5 Å². The fourth-order valence-corrected chi connectivity index (χ4v) is 3.03. The molecule has 3 atom stereocenters. The Hall–Kier alpha value is -4.26. The number of hydrogen-bond donors (Lipinski definition) is 7. The number of primary amides is 1. The van der Waals surface area contributed by atoms with Crippen molar-refractivity contribution < 1.29 is 29.1 Å². The van der Waals surface area contributed by atoms with E-state index in [0.717, 1.165) is 5.56 Å². The fraction of sp³-hybridized carbons (Fsp3) is 0.333. The second-order valence-corrected chi connectivity index (χ2v) is 7.48. The minimum absolute atomic E-state index is 0.0536. The number of carbonyl (C=O) groups is 5. The van der Waals surface area contributed by atoms with Crippen molar-refractivity contribution in [2.45, 2.75) is 37.4 Å². The summed E-state index contributed by atoms with van der Waals surface area (Å²) in [6, 6.07) is 5.34. The minimum atomic E-state index is -1.40. The van der Waals surface area contributed by atoms with Gasteiger partial charge in [0.25, 0.3) is 0 Å². The molecule has 0 saturated heterocycles. The van der Waals surface area contributed by atoms with Crippen molar-refractivity contribution >= 4 is 29.6 Å². The SMILES string of the molecule is NC(=O)CC(NC(=O)C(N)Cc1ccccc1)C(=O)NC(Cc1cnc[nH]1)C(=O)NCC(=O)O. The molecule has 2 rings (SSSR count). The van der Waals surface area contributed by atoms with Gasteiger partial charge in [-0.05, 0) is 12.0 Å². The van der Waals surface area contributed by atoms with Gasteiger partial charge in [0.2, 0.25) is 23.6 Å². The number of imidazole rings is 1. The number of hydrogen-bond acceptors (Lipinski definition) is 7. The normalized spacial score (nSPS) is 13.2. The molecule has 0 aliphatic heterocycles. The third kappa shape index (κ3) is 8.70. The number of nitrogens with one attached hydrogen (secondary N) is 4. The van der Waals surface area contributed by atoms with E-state index in [-0.39, 0.29) is 12.8 Å². The lowest BCUT2D eigenvalue weighted by molar-refractivity contribution is -0.138. The molecular formula is C21H27N7O6. The van der Waals surface area contributed by atoms with E-state index >= 15 is 0 Å². The second kappa shape index (κ2) is 12.7. The predicted octanol–water partition coefficient (Wildman–Crippen LogP) is -2.43. The first-order valence-electron chi connectivity index (χ1n) is 10.3. The van der Waals surface area contributed by atoms with Crippen LogP contribution in [-0.2, 0) is 36.8 Å². The maximum atomic E-state index is 12.9. The van der Waals surface area contributed by atoms with Gasteiger partial charge in [0.05, 0.1) is 18.8 Å². The van der Waals surface area contributed by atoms with Gasteiger partial charge in [0.15, 0.2) is 0 Å². The maximum absolute atomic E-state index is 12.9. The molecule has 0 aliphatic carbocycles. The number of carbonyl (C=O) groups excluding carboxylic acids is 4. The van der Waals surface area contributed by atoms with Crippen LogP contribution in [0.15, 0.2) is 42.9 Å². The number of carboxylic acid groups (broad SMARTS) is 1. The highest BCUT2D eigenvalue weighted by Crippen LogP contribution is 2.04. The van der Waals surface area contributed by atoms with Crippen molar-refractivity contribution in [3.63, 3.8) is 0 Å². The Morgan fingerprint density at radius 2 is 1.65 bits per heavy atom. The van der Waals surface area contributed by atoms with Gasteiger partial charge in [-0.1, -0.05) is 30.3 Å². The summed E-state index contributed by atoms with van der Waals surface area (Å²) >= 11 is 0. The highest BCUT2D eigenvalue weighted by molar-refractivity contribution is 5.96. The van der Waals surface area contributed by atoms with Crippen LogP contribution in [0.2, 0.25) is 0 Å². The summed E-state index contributed by atoms with van der Waals surface area (Å²) in [5.74, 6) is -4.47. The van der Waals surface area contributed by atoms with Crippen molar-refractivity contribution in [1.82, 2.24) is 25.9 Å². The number of aromatic amines is 1. The van der Waals surface area contributed by atoms with E-state index in [1.807, 2.05) is 6.07 Å². The third-order valence-corrected chi connectivity index (χ3v) is 4.70. The Morgan fingerprint density at radius 3 is 2.24 bits per heavy atom. The molecule has 1 aromatic heterocycles. The van der Waals surface area contributed by atoms with Gasteiger partial charge in [-0.25, -0.2) is 4.98 Å². The van der Waals surface area contributed by atoms with Gasteiger partial charge >= 0.3 is 5.97 Å². The largest absolute Gasteiger partial charge is 0.480 e. The summed E-state index contributed by atoms with van der Waals surface area (Å²) in [6.45, 7) is -0.663. The number of nitrogens with zero attached hydrogens (tertiary/aromatic N) is 1. The zero-order valence-corrected chi connectivity index (χ0v) is 18.2. The highest BCUT2D eigenvalue weighted by Gasteiger charge is 2.30. The summed E-state index contributed by atoms with van der Waals surface area (Å²) in [5, 5.41) is 15.8. The van der Waals surface area contributed by atoms with Crippen molar-refractivity contribution in [2.24, 2.45) is 11.5 Å². The molecule has 0 spiro atoms. The number of rotatable bonds is 13. The van der Waals surface area contributed by atoms with Gasteiger partial charge < -0.3 is 37.5 Å². The molecule has 13 heteroatoms. The molecule has 3 unspecified atom stereocenters. The Bertz CT molecular complexity index is 996. The molecular weight excluding hydrogens is 446 g/mol. The number of H-pyrrole nitrogens is 1. The van der Waals surface area contributed by atoms with Gasteiger partial charge in [-0.15, -0.1) is 0 Å². The van der Waals surface area contributed by atoms with Crippen LogP contribution in [0.5, 0.6) is 0 Å². The number of aliphatic carboxylic acids is 1. The lowest BCUT2D eigenvalue weighted by Crippen LogP contribution is -2.57. The van der Waals surface area contributed by atoms with Gasteiger partial charge in [-0.2, -0.15) is 0 Å². The van der Waals surface area contributed by atoms with Crippen molar-refractivity contribution in [3.8, 4) is 0 Å². The van der Waals surface area contributed by atoms with Crippen molar-refractivity contribution in [2.75, 3.05) is 6.54 Å². The number of amides is 4. The Balaban J connectivity index is 2.10. The first-order valence-corrected chi connectivity index (χ1v) is 10.3. The van der Waals surface area contributed by atoms with E-state index in [4.69, 9.17) is 16.6 Å². The molecule has 182 valence electrons. The molecule has 0 radical (unpaired) electrons. The second-order valence-electron chi connectivity index (χ2n) is 7.48. The topological polar surface area (TPSA) is 222 Å². The number of benzene rings is 1. The van der Waals surface area contributed by atoms with Gasteiger partial charge in [0, 0.05) is 18.3 Å². The van der Waals surface area contributed by atoms with Crippen molar-refractivity contribution in [1.29, 1.82) is 0 Å². The standard InChI is InChI=1S/C21H27N7O6/c22-14(6-12-4-2-1-3-5-12)19(32)27-16(8-17(23)29)21(34)28-15(7-13-9-24-11-26-13)20(33)25-10-18(30)31/h1-5,9,11,14-16H,6-8,10,22H2,(H2,23,29)(H,24,26)(H,25,33)(H,27,32)(H,28,34)(H,30,31). The first-order chi connectivity index (χ1) is 16.2. The molecule has 0 bridgehead atoms. The molecule has 0 aliphatic rings. The van der Waals surface area contributed by atoms with Gasteiger partial charge in [-0.3, -0.25) is 24.0 Å². The Labute approximate surface area is 194 Å². The molecule has 9 N–H and O–H groups in total. The highest BCUT2D eigenvalue weighted by atomic mass is 16.4. The average molecular weight is 473 g/mol. The molecule has 0 saturated carbocycles. The smallest absolute Gasteiger partial charge is 0.322 e. The first kappa shape index (κ1) is 26.0. The van der Waals surface area contributed by atoms with Crippen LogP contribution in [0.4, 0.5) is 0 Å². The lowest BCUT2D eigenvalue weighted by Gasteiger charge is -2.23. The monoisotopic (exact) mass is 473 g/mol. The van der Waals surface area contributed by atoms with Crippen LogP contribution < -0.4 is 27.4 Å². The van der Waals surface area contributed by atoms with Crippen LogP contribution in [0.3, 0.4) is 0 Å². The number of aromatic nitrogens is 2. The molecule has 13 nitrogen and oxygen atoms in total. The third-order valence-electron chi connectivity index (χ3n) is 4.70. The Morgan fingerprint density at radius 1 is 0.971 bits per heavy atom. The molecule has 1 heterocycles.